The van der Waals surface area contributed by atoms with Crippen LogP contribution in [0.4, 0.5) is 11.4 Å². The highest BCUT2D eigenvalue weighted by Crippen LogP contribution is 2.24. The van der Waals surface area contributed by atoms with Crippen LogP contribution in [0.15, 0.2) is 48.5 Å². The fraction of sp³-hybridized carbons (Fsp3) is 0.188. The maximum absolute atomic E-state index is 11.0. The van der Waals surface area contributed by atoms with E-state index >= 15 is 0 Å². The minimum atomic E-state index is -0.982. The fourth-order valence-electron chi connectivity index (χ4n) is 1.89. The van der Waals surface area contributed by atoms with Crippen LogP contribution in [0.1, 0.15) is 6.42 Å². The van der Waals surface area contributed by atoms with E-state index in [1.807, 2.05) is 0 Å². The van der Waals surface area contributed by atoms with Gasteiger partial charge in [0.15, 0.2) is 0 Å². The molecule has 0 fully saturated rings. The van der Waals surface area contributed by atoms with Gasteiger partial charge in [-0.3, -0.25) is 4.79 Å². The third-order valence-corrected chi connectivity index (χ3v) is 2.96. The summed E-state index contributed by atoms with van der Waals surface area (Å²) in [6.45, 7) is 0.0504. The SMILES string of the molecule is Nc1ccccc1OCC(CC(=O)O)Oc1ccccc1N. The van der Waals surface area contributed by atoms with Gasteiger partial charge in [-0.2, -0.15) is 0 Å². The molecule has 5 N–H and O–H groups in total. The average molecular weight is 302 g/mol. The van der Waals surface area contributed by atoms with E-state index in [1.54, 1.807) is 48.5 Å². The number of hydrogen-bond donors (Lipinski definition) is 3. The van der Waals surface area contributed by atoms with Crippen molar-refractivity contribution in [3.05, 3.63) is 48.5 Å². The second-order valence-electron chi connectivity index (χ2n) is 4.72. The molecule has 6 nitrogen and oxygen atoms in total. The first kappa shape index (κ1) is 15.5. The monoisotopic (exact) mass is 302 g/mol. The minimum Gasteiger partial charge on any atom is -0.488 e. The van der Waals surface area contributed by atoms with Crippen molar-refractivity contribution in [1.29, 1.82) is 0 Å². The number of carboxylic acid groups (broad SMARTS) is 1. The standard InChI is InChI=1S/C16H18N2O4/c17-12-5-1-3-7-14(12)21-10-11(9-16(19)20)22-15-8-4-2-6-13(15)18/h1-8,11H,9-10,17-18H2,(H,19,20). The first-order valence-electron chi connectivity index (χ1n) is 6.76. The molecule has 0 aromatic heterocycles. The third-order valence-electron chi connectivity index (χ3n) is 2.96. The van der Waals surface area contributed by atoms with E-state index in [4.69, 9.17) is 26.0 Å². The Morgan fingerprint density at radius 3 is 2.09 bits per heavy atom. The summed E-state index contributed by atoms with van der Waals surface area (Å²) in [6, 6.07) is 13.9. The highest BCUT2D eigenvalue weighted by atomic mass is 16.5. The Morgan fingerprint density at radius 1 is 1.00 bits per heavy atom. The number of rotatable bonds is 7. The van der Waals surface area contributed by atoms with Gasteiger partial charge in [0.05, 0.1) is 17.8 Å². The van der Waals surface area contributed by atoms with Crippen molar-refractivity contribution in [3.8, 4) is 11.5 Å². The highest BCUT2D eigenvalue weighted by Gasteiger charge is 2.17. The molecule has 2 rings (SSSR count). The van der Waals surface area contributed by atoms with Gasteiger partial charge in [0.1, 0.15) is 24.2 Å². The Hall–Kier alpha value is -2.89. The average Bonchev–Trinajstić information content (AvgIpc) is 2.48. The third kappa shape index (κ3) is 4.31. The van der Waals surface area contributed by atoms with Crippen molar-refractivity contribution >= 4 is 17.3 Å². The zero-order valence-corrected chi connectivity index (χ0v) is 11.9. The molecule has 0 amide bonds. The molecule has 0 saturated carbocycles. The smallest absolute Gasteiger partial charge is 0.307 e. The van der Waals surface area contributed by atoms with Crippen LogP contribution in [-0.4, -0.2) is 23.8 Å². The lowest BCUT2D eigenvalue weighted by molar-refractivity contribution is -0.139. The molecule has 1 unspecified atom stereocenters. The van der Waals surface area contributed by atoms with E-state index in [2.05, 4.69) is 0 Å². The van der Waals surface area contributed by atoms with Gasteiger partial charge in [0.25, 0.3) is 0 Å². The van der Waals surface area contributed by atoms with Crippen LogP contribution in [0, 0.1) is 0 Å². The lowest BCUT2D eigenvalue weighted by Gasteiger charge is -2.19. The Morgan fingerprint density at radius 2 is 1.55 bits per heavy atom. The number of hydrogen-bond acceptors (Lipinski definition) is 5. The van der Waals surface area contributed by atoms with Crippen LogP contribution < -0.4 is 20.9 Å². The Bertz CT molecular complexity index is 646. The Balaban J connectivity index is 2.05. The minimum absolute atomic E-state index is 0.0504. The highest BCUT2D eigenvalue weighted by molar-refractivity contribution is 5.67. The van der Waals surface area contributed by atoms with E-state index < -0.39 is 12.1 Å². The van der Waals surface area contributed by atoms with Gasteiger partial charge in [-0.1, -0.05) is 24.3 Å². The Labute approximate surface area is 128 Å². The van der Waals surface area contributed by atoms with Gasteiger partial charge >= 0.3 is 5.97 Å². The summed E-state index contributed by atoms with van der Waals surface area (Å²) in [5.41, 5.74) is 12.5. The van der Waals surface area contributed by atoms with E-state index in [0.29, 0.717) is 22.9 Å². The molecule has 0 spiro atoms. The summed E-state index contributed by atoms with van der Waals surface area (Å²) in [5, 5.41) is 8.99. The molecule has 116 valence electrons. The van der Waals surface area contributed by atoms with Crippen LogP contribution in [0.25, 0.3) is 0 Å². The van der Waals surface area contributed by atoms with Crippen molar-refractivity contribution in [1.82, 2.24) is 0 Å². The van der Waals surface area contributed by atoms with E-state index in [-0.39, 0.29) is 13.0 Å². The summed E-state index contributed by atoms with van der Waals surface area (Å²) in [6.07, 6.45) is -0.886. The molecular weight excluding hydrogens is 284 g/mol. The first-order valence-corrected chi connectivity index (χ1v) is 6.76. The maximum Gasteiger partial charge on any atom is 0.307 e. The molecule has 22 heavy (non-hydrogen) atoms. The van der Waals surface area contributed by atoms with Gasteiger partial charge in [-0.15, -0.1) is 0 Å². The molecule has 0 aliphatic carbocycles. The first-order chi connectivity index (χ1) is 10.6. The number of ether oxygens (including phenoxy) is 2. The van der Waals surface area contributed by atoms with E-state index in [0.717, 1.165) is 0 Å². The predicted molar refractivity (Wildman–Crippen MR) is 83.9 cm³/mol. The van der Waals surface area contributed by atoms with Crippen molar-refractivity contribution < 1.29 is 19.4 Å². The van der Waals surface area contributed by atoms with Crippen LogP contribution in [-0.2, 0) is 4.79 Å². The molecule has 1 atom stereocenters. The van der Waals surface area contributed by atoms with Crippen LogP contribution in [0.5, 0.6) is 11.5 Å². The molecular formula is C16H18N2O4. The van der Waals surface area contributed by atoms with Crippen molar-refractivity contribution in [3.63, 3.8) is 0 Å². The summed E-state index contributed by atoms with van der Waals surface area (Å²) >= 11 is 0. The van der Waals surface area contributed by atoms with Crippen LogP contribution >= 0.6 is 0 Å². The lowest BCUT2D eigenvalue weighted by atomic mass is 10.2. The molecule has 0 radical (unpaired) electrons. The van der Waals surface area contributed by atoms with E-state index in [9.17, 15) is 4.79 Å². The zero-order chi connectivity index (χ0) is 15.9. The van der Waals surface area contributed by atoms with Crippen LogP contribution in [0.3, 0.4) is 0 Å². The number of anilines is 2. The normalized spacial score (nSPS) is 11.6. The quantitative estimate of drug-likeness (QED) is 0.676. The molecule has 0 saturated heterocycles. The molecule has 0 aliphatic rings. The number of carbonyl (C=O) groups is 1. The number of aliphatic carboxylic acids is 1. The number of para-hydroxylation sites is 4. The summed E-state index contributed by atoms with van der Waals surface area (Å²) in [4.78, 5) is 11.0. The van der Waals surface area contributed by atoms with Gasteiger partial charge in [0.2, 0.25) is 0 Å². The number of nitrogens with two attached hydrogens (primary N) is 2. The number of carboxylic acids is 1. The molecule has 2 aromatic carbocycles. The van der Waals surface area contributed by atoms with Gasteiger partial charge < -0.3 is 26.0 Å². The lowest BCUT2D eigenvalue weighted by Crippen LogP contribution is -2.28. The zero-order valence-electron chi connectivity index (χ0n) is 11.9. The van der Waals surface area contributed by atoms with Crippen molar-refractivity contribution in [2.24, 2.45) is 0 Å². The van der Waals surface area contributed by atoms with Crippen molar-refractivity contribution in [2.45, 2.75) is 12.5 Å². The largest absolute Gasteiger partial charge is 0.488 e. The molecule has 2 aromatic rings. The van der Waals surface area contributed by atoms with Crippen LogP contribution in [0.2, 0.25) is 0 Å². The fourth-order valence-corrected chi connectivity index (χ4v) is 1.89. The predicted octanol–water partition coefficient (Wildman–Crippen LogP) is 2.15. The summed E-state index contributed by atoms with van der Waals surface area (Å²) < 4.78 is 11.2. The summed E-state index contributed by atoms with van der Waals surface area (Å²) in [5.74, 6) is -0.0648. The van der Waals surface area contributed by atoms with Crippen molar-refractivity contribution in [2.75, 3.05) is 18.1 Å². The van der Waals surface area contributed by atoms with E-state index in [1.165, 1.54) is 0 Å². The molecule has 0 bridgehead atoms. The van der Waals surface area contributed by atoms with Gasteiger partial charge in [-0.05, 0) is 24.3 Å². The molecule has 6 heteroatoms. The molecule has 0 aliphatic heterocycles. The summed E-state index contributed by atoms with van der Waals surface area (Å²) in [7, 11) is 0. The topological polar surface area (TPSA) is 108 Å². The second kappa shape index (κ2) is 7.21. The number of benzene rings is 2. The second-order valence-corrected chi connectivity index (χ2v) is 4.72. The van der Waals surface area contributed by atoms with Gasteiger partial charge in [-0.25, -0.2) is 0 Å². The number of nitrogen functional groups attached to an aromatic ring is 2. The maximum atomic E-state index is 11.0. The Kier molecular flexibility index (Phi) is 5.08. The van der Waals surface area contributed by atoms with Gasteiger partial charge in [0, 0.05) is 0 Å². The molecule has 0 heterocycles.